The van der Waals surface area contributed by atoms with Gasteiger partial charge in [-0.2, -0.15) is 0 Å². The first kappa shape index (κ1) is 12.0. The monoisotopic (exact) mass is 221 g/mol. The van der Waals surface area contributed by atoms with E-state index in [1.54, 1.807) is 13.0 Å². The van der Waals surface area contributed by atoms with Gasteiger partial charge in [0.05, 0.1) is 5.92 Å². The molecule has 1 N–H and O–H groups in total. The standard InChI is InChI=1S/C11H11NO4/c1-6-3-4-8(5-12-6)9(13)7(2)10(14)11(15)16/h3-5,7H,1-2H3,(H,15,16). The second kappa shape index (κ2) is 4.65. The minimum Gasteiger partial charge on any atom is -0.475 e. The summed E-state index contributed by atoms with van der Waals surface area (Å²) in [6.45, 7) is 3.04. The Kier molecular flexibility index (Phi) is 3.50. The molecule has 1 atom stereocenters. The normalized spacial score (nSPS) is 11.9. The molecule has 5 nitrogen and oxygen atoms in total. The van der Waals surface area contributed by atoms with Crippen LogP contribution in [0.3, 0.4) is 0 Å². The second-order valence-electron chi connectivity index (χ2n) is 3.44. The van der Waals surface area contributed by atoms with E-state index in [0.29, 0.717) is 0 Å². The van der Waals surface area contributed by atoms with Gasteiger partial charge in [0.25, 0.3) is 0 Å². The summed E-state index contributed by atoms with van der Waals surface area (Å²) < 4.78 is 0. The van der Waals surface area contributed by atoms with Crippen molar-refractivity contribution in [3.05, 3.63) is 29.6 Å². The maximum Gasteiger partial charge on any atom is 0.372 e. The maximum absolute atomic E-state index is 11.7. The fourth-order valence-corrected chi connectivity index (χ4v) is 1.17. The van der Waals surface area contributed by atoms with E-state index < -0.39 is 23.5 Å². The highest BCUT2D eigenvalue weighted by atomic mass is 16.4. The van der Waals surface area contributed by atoms with Gasteiger partial charge in [0.15, 0.2) is 5.78 Å². The van der Waals surface area contributed by atoms with E-state index in [1.165, 1.54) is 19.2 Å². The number of ketones is 2. The molecule has 0 fully saturated rings. The zero-order valence-electron chi connectivity index (χ0n) is 8.93. The molecule has 16 heavy (non-hydrogen) atoms. The van der Waals surface area contributed by atoms with Gasteiger partial charge in [-0.05, 0) is 26.0 Å². The van der Waals surface area contributed by atoms with Crippen molar-refractivity contribution in [3.63, 3.8) is 0 Å². The number of nitrogens with zero attached hydrogens (tertiary/aromatic N) is 1. The molecule has 0 bridgehead atoms. The first-order chi connectivity index (χ1) is 7.43. The van der Waals surface area contributed by atoms with E-state index in [0.717, 1.165) is 5.69 Å². The zero-order valence-corrected chi connectivity index (χ0v) is 8.93. The van der Waals surface area contributed by atoms with Gasteiger partial charge in [-0.1, -0.05) is 0 Å². The average molecular weight is 221 g/mol. The average Bonchev–Trinajstić information content (AvgIpc) is 2.27. The lowest BCUT2D eigenvalue weighted by Crippen LogP contribution is -2.27. The van der Waals surface area contributed by atoms with Crippen LogP contribution < -0.4 is 0 Å². The Balaban J connectivity index is 2.90. The van der Waals surface area contributed by atoms with Crippen LogP contribution in [-0.2, 0) is 9.59 Å². The van der Waals surface area contributed by atoms with E-state index in [4.69, 9.17) is 5.11 Å². The van der Waals surface area contributed by atoms with Crippen LogP contribution in [0.1, 0.15) is 23.0 Å². The number of hydrogen-bond donors (Lipinski definition) is 1. The number of aryl methyl sites for hydroxylation is 1. The predicted octanol–water partition coefficient (Wildman–Crippen LogP) is 0.863. The lowest BCUT2D eigenvalue weighted by atomic mass is 9.96. The molecule has 84 valence electrons. The van der Waals surface area contributed by atoms with Gasteiger partial charge in [-0.3, -0.25) is 14.6 Å². The highest BCUT2D eigenvalue weighted by Gasteiger charge is 2.27. The van der Waals surface area contributed by atoms with Crippen molar-refractivity contribution in [1.82, 2.24) is 4.98 Å². The number of carbonyl (C=O) groups excluding carboxylic acids is 2. The van der Waals surface area contributed by atoms with Crippen LogP contribution in [0.2, 0.25) is 0 Å². The third-order valence-electron chi connectivity index (χ3n) is 2.19. The lowest BCUT2D eigenvalue weighted by molar-refractivity contribution is -0.150. The van der Waals surface area contributed by atoms with Crippen molar-refractivity contribution in [1.29, 1.82) is 0 Å². The fourth-order valence-electron chi connectivity index (χ4n) is 1.17. The summed E-state index contributed by atoms with van der Waals surface area (Å²) >= 11 is 0. The smallest absolute Gasteiger partial charge is 0.372 e. The third-order valence-corrected chi connectivity index (χ3v) is 2.19. The number of rotatable bonds is 4. The predicted molar refractivity (Wildman–Crippen MR) is 55.1 cm³/mol. The van der Waals surface area contributed by atoms with Crippen LogP contribution in [-0.4, -0.2) is 27.6 Å². The van der Waals surface area contributed by atoms with Crippen LogP contribution in [0.15, 0.2) is 18.3 Å². The molecule has 0 aromatic carbocycles. The van der Waals surface area contributed by atoms with Crippen LogP contribution in [0, 0.1) is 12.8 Å². The van der Waals surface area contributed by atoms with E-state index in [-0.39, 0.29) is 5.56 Å². The summed E-state index contributed by atoms with van der Waals surface area (Å²) in [5, 5.41) is 8.47. The summed E-state index contributed by atoms with van der Waals surface area (Å²) in [5.41, 5.74) is 0.987. The summed E-state index contributed by atoms with van der Waals surface area (Å²) in [6.07, 6.45) is 1.34. The Morgan fingerprint density at radius 1 is 1.31 bits per heavy atom. The maximum atomic E-state index is 11.7. The van der Waals surface area contributed by atoms with Crippen molar-refractivity contribution in [2.45, 2.75) is 13.8 Å². The molecule has 0 aliphatic rings. The highest BCUT2D eigenvalue weighted by molar-refractivity contribution is 6.38. The van der Waals surface area contributed by atoms with E-state index >= 15 is 0 Å². The quantitative estimate of drug-likeness (QED) is 0.463. The molecule has 0 saturated heterocycles. The summed E-state index contributed by atoms with van der Waals surface area (Å²) in [6, 6.07) is 3.15. The van der Waals surface area contributed by atoms with Crippen molar-refractivity contribution >= 4 is 17.5 Å². The molecule has 1 heterocycles. The number of carboxylic acid groups (broad SMARTS) is 1. The van der Waals surface area contributed by atoms with Crippen molar-refractivity contribution in [3.8, 4) is 0 Å². The van der Waals surface area contributed by atoms with Gasteiger partial charge in [0.1, 0.15) is 0 Å². The van der Waals surface area contributed by atoms with Crippen LogP contribution in [0.5, 0.6) is 0 Å². The topological polar surface area (TPSA) is 84.3 Å². The summed E-state index contributed by atoms with van der Waals surface area (Å²) in [5.74, 6) is -4.41. The molecule has 1 rings (SSSR count). The van der Waals surface area contributed by atoms with E-state index in [2.05, 4.69) is 4.98 Å². The molecule has 0 radical (unpaired) electrons. The van der Waals surface area contributed by atoms with Gasteiger partial charge in [-0.15, -0.1) is 0 Å². The first-order valence-electron chi connectivity index (χ1n) is 4.67. The van der Waals surface area contributed by atoms with E-state index in [1.807, 2.05) is 0 Å². The molecule has 0 aliphatic carbocycles. The number of carbonyl (C=O) groups is 3. The summed E-state index contributed by atoms with van der Waals surface area (Å²) in [4.78, 5) is 37.1. The number of Topliss-reactive ketones (excluding diaryl/α,β-unsaturated/α-hetero) is 2. The first-order valence-corrected chi connectivity index (χ1v) is 4.67. The number of aromatic nitrogens is 1. The van der Waals surface area contributed by atoms with Crippen LogP contribution in [0.4, 0.5) is 0 Å². The van der Waals surface area contributed by atoms with Gasteiger partial charge in [-0.25, -0.2) is 4.79 Å². The minimum absolute atomic E-state index is 0.243. The lowest BCUT2D eigenvalue weighted by Gasteiger charge is -2.06. The summed E-state index contributed by atoms with van der Waals surface area (Å²) in [7, 11) is 0. The SMILES string of the molecule is Cc1ccc(C(=O)C(C)C(=O)C(=O)O)cn1. The highest BCUT2D eigenvalue weighted by Crippen LogP contribution is 2.09. The molecule has 0 saturated carbocycles. The fraction of sp³-hybridized carbons (Fsp3) is 0.273. The Morgan fingerprint density at radius 3 is 2.38 bits per heavy atom. The third kappa shape index (κ3) is 2.50. The van der Waals surface area contributed by atoms with Gasteiger partial charge in [0.2, 0.25) is 5.78 Å². The molecule has 1 aromatic heterocycles. The Hall–Kier alpha value is -2.04. The largest absolute Gasteiger partial charge is 0.475 e. The Morgan fingerprint density at radius 2 is 1.94 bits per heavy atom. The van der Waals surface area contributed by atoms with Crippen LogP contribution in [0.25, 0.3) is 0 Å². The van der Waals surface area contributed by atoms with Crippen molar-refractivity contribution in [2.75, 3.05) is 0 Å². The number of aliphatic carboxylic acids is 1. The molecule has 1 unspecified atom stereocenters. The van der Waals surface area contributed by atoms with Crippen LogP contribution >= 0.6 is 0 Å². The molecule has 0 spiro atoms. The number of hydrogen-bond acceptors (Lipinski definition) is 4. The number of pyridine rings is 1. The molecule has 0 aliphatic heterocycles. The van der Waals surface area contributed by atoms with E-state index in [9.17, 15) is 14.4 Å². The molecule has 0 amide bonds. The molecular formula is C11H11NO4. The van der Waals surface area contributed by atoms with Gasteiger partial charge in [0, 0.05) is 17.5 Å². The van der Waals surface area contributed by atoms with Gasteiger partial charge < -0.3 is 5.11 Å². The Bertz CT molecular complexity index is 436. The molecule has 1 aromatic rings. The zero-order chi connectivity index (χ0) is 12.3. The Labute approximate surface area is 92.1 Å². The van der Waals surface area contributed by atoms with Crippen molar-refractivity contribution in [2.24, 2.45) is 5.92 Å². The molecular weight excluding hydrogens is 210 g/mol. The number of carboxylic acids is 1. The van der Waals surface area contributed by atoms with Crippen molar-refractivity contribution < 1.29 is 19.5 Å². The second-order valence-corrected chi connectivity index (χ2v) is 3.44. The minimum atomic E-state index is -1.60. The molecule has 5 heteroatoms. The van der Waals surface area contributed by atoms with Gasteiger partial charge >= 0.3 is 5.97 Å².